The maximum absolute atomic E-state index is 7.86. The van der Waals surface area contributed by atoms with Crippen molar-refractivity contribution in [3.05, 3.63) is 87.0 Å². The monoisotopic (exact) mass is 772 g/mol. The molecule has 5 atom stereocenters. The number of rotatable bonds is 9. The zero-order valence-electron chi connectivity index (χ0n) is 29.7. The van der Waals surface area contributed by atoms with Crippen LogP contribution in [0.1, 0.15) is 43.4 Å². The molecular formula is C37H50BrClN2O5Si2. The van der Waals surface area contributed by atoms with E-state index in [0.29, 0.717) is 30.0 Å². The van der Waals surface area contributed by atoms with Crippen molar-refractivity contribution in [2.24, 2.45) is 5.92 Å². The highest BCUT2D eigenvalue weighted by atomic mass is 79.9. The number of hydrogen-bond acceptors (Lipinski definition) is 7. The molecule has 7 nitrogen and oxygen atoms in total. The molecule has 0 N–H and O–H groups in total. The second-order valence-electron chi connectivity index (χ2n) is 15.9. The fourth-order valence-electron chi connectivity index (χ4n) is 7.81. The van der Waals surface area contributed by atoms with Gasteiger partial charge in [-0.1, -0.05) is 90.8 Å². The lowest BCUT2D eigenvalue weighted by Crippen LogP contribution is -2.60. The van der Waals surface area contributed by atoms with E-state index in [2.05, 4.69) is 129 Å². The molecular weight excluding hydrogens is 724 g/mol. The van der Waals surface area contributed by atoms with Crippen LogP contribution in [0.15, 0.2) is 65.1 Å². The Hall–Kier alpha value is -1.77. The van der Waals surface area contributed by atoms with Crippen LogP contribution in [0.2, 0.25) is 42.9 Å². The maximum atomic E-state index is 7.86. The first-order valence-electron chi connectivity index (χ1n) is 17.0. The van der Waals surface area contributed by atoms with Gasteiger partial charge in [-0.05, 0) is 61.0 Å². The fraction of sp³-hybridized carbons (Fsp3) is 0.541. The van der Waals surface area contributed by atoms with Crippen molar-refractivity contribution in [1.29, 1.82) is 0 Å². The highest BCUT2D eigenvalue weighted by Gasteiger charge is 2.79. The van der Waals surface area contributed by atoms with Gasteiger partial charge in [-0.2, -0.15) is 0 Å². The van der Waals surface area contributed by atoms with Crippen molar-refractivity contribution in [3.63, 3.8) is 0 Å². The van der Waals surface area contributed by atoms with Gasteiger partial charge < -0.3 is 23.1 Å². The molecule has 11 heteroatoms. The van der Waals surface area contributed by atoms with E-state index in [1.54, 1.807) is 7.11 Å². The Morgan fingerprint density at radius 3 is 2.23 bits per heavy atom. The van der Waals surface area contributed by atoms with E-state index in [1.807, 2.05) is 6.07 Å². The van der Waals surface area contributed by atoms with Crippen LogP contribution in [0, 0.1) is 5.92 Å². The van der Waals surface area contributed by atoms with Crippen molar-refractivity contribution in [2.75, 3.05) is 40.0 Å². The standard InChI is InChI=1S/C37H50BrClN2O5Si2/c1-35(2,3)48(8,9)45-33-28(24-41-19-21-43-22-20-41)31(25-13-11-10-12-14-25)36(26-15-17-27(38)18-16-26)37(33,46-47(5,6)7)32-29(44-36)23-30(39)40-34(32)42-4/h10-18,23,28,31,33H,19-22,24H2,1-9H3. The molecule has 1 saturated heterocycles. The number of ether oxygens (including phenoxy) is 3. The largest absolute Gasteiger partial charge is 0.481 e. The molecule has 0 spiro atoms. The zero-order valence-corrected chi connectivity index (χ0v) is 34.1. The van der Waals surface area contributed by atoms with E-state index in [0.717, 1.165) is 35.2 Å². The Bertz CT molecular complexity index is 1610. The van der Waals surface area contributed by atoms with Gasteiger partial charge in [-0.3, -0.25) is 4.90 Å². The number of hydrogen-bond donors (Lipinski definition) is 0. The number of morpholine rings is 1. The van der Waals surface area contributed by atoms with Gasteiger partial charge in [-0.25, -0.2) is 4.98 Å². The smallest absolute Gasteiger partial charge is 0.224 e. The third-order valence-corrected chi connectivity index (χ3v) is 16.8. The minimum absolute atomic E-state index is 0.0341. The van der Waals surface area contributed by atoms with Gasteiger partial charge >= 0.3 is 0 Å². The topological polar surface area (TPSA) is 62.3 Å². The lowest BCUT2D eigenvalue weighted by atomic mass is 9.71. The summed E-state index contributed by atoms with van der Waals surface area (Å²) in [5.74, 6) is 0.831. The minimum Gasteiger partial charge on any atom is -0.481 e. The number of benzene rings is 2. The molecule has 1 saturated carbocycles. The van der Waals surface area contributed by atoms with Crippen LogP contribution in [0.3, 0.4) is 0 Å². The molecule has 3 aliphatic rings. The Balaban J connectivity index is 1.77. The van der Waals surface area contributed by atoms with Gasteiger partial charge in [0.15, 0.2) is 27.8 Å². The normalized spacial score (nSPS) is 27.8. The fourth-order valence-corrected chi connectivity index (χ4v) is 10.9. The van der Waals surface area contributed by atoms with Gasteiger partial charge in [0.05, 0.1) is 32.0 Å². The summed E-state index contributed by atoms with van der Waals surface area (Å²) in [5.41, 5.74) is 0.793. The lowest BCUT2D eigenvalue weighted by molar-refractivity contribution is -0.136. The summed E-state index contributed by atoms with van der Waals surface area (Å²) in [4.78, 5) is 7.31. The first kappa shape index (κ1) is 36.0. The number of methoxy groups -OCH3 is 1. The van der Waals surface area contributed by atoms with E-state index in [4.69, 9.17) is 39.6 Å². The highest BCUT2D eigenvalue weighted by Crippen LogP contribution is 2.73. The second-order valence-corrected chi connectivity index (χ2v) is 26.4. The summed E-state index contributed by atoms with van der Waals surface area (Å²) in [5, 5.41) is 0.245. The predicted molar refractivity (Wildman–Crippen MR) is 200 cm³/mol. The van der Waals surface area contributed by atoms with Gasteiger partial charge in [0, 0.05) is 42.0 Å². The number of nitrogens with zero attached hydrogens (tertiary/aromatic N) is 2. The van der Waals surface area contributed by atoms with Crippen molar-refractivity contribution in [1.82, 2.24) is 9.88 Å². The van der Waals surface area contributed by atoms with Crippen molar-refractivity contribution in [3.8, 4) is 11.6 Å². The first-order valence-corrected chi connectivity index (χ1v) is 24.5. The second kappa shape index (κ2) is 13.1. The van der Waals surface area contributed by atoms with Crippen LogP contribution in [0.25, 0.3) is 0 Å². The lowest BCUT2D eigenvalue weighted by Gasteiger charge is -2.50. The molecule has 0 bridgehead atoms. The molecule has 1 aromatic heterocycles. The molecule has 5 unspecified atom stereocenters. The van der Waals surface area contributed by atoms with Crippen LogP contribution in [0.4, 0.5) is 0 Å². The number of pyridine rings is 1. The van der Waals surface area contributed by atoms with Crippen LogP contribution in [0.5, 0.6) is 11.6 Å². The predicted octanol–water partition coefficient (Wildman–Crippen LogP) is 8.98. The molecule has 3 aromatic rings. The Labute approximate surface area is 302 Å². The van der Waals surface area contributed by atoms with Crippen LogP contribution in [-0.2, 0) is 24.8 Å². The van der Waals surface area contributed by atoms with E-state index in [9.17, 15) is 0 Å². The first-order chi connectivity index (χ1) is 22.5. The van der Waals surface area contributed by atoms with E-state index < -0.39 is 33.9 Å². The summed E-state index contributed by atoms with van der Waals surface area (Å²) in [6.07, 6.45) is -0.417. The van der Waals surface area contributed by atoms with Gasteiger partial charge in [0.25, 0.3) is 0 Å². The Morgan fingerprint density at radius 1 is 1.00 bits per heavy atom. The molecule has 2 aliphatic heterocycles. The molecule has 3 heterocycles. The molecule has 6 rings (SSSR count). The number of halogens is 2. The quantitative estimate of drug-likeness (QED) is 0.159. The van der Waals surface area contributed by atoms with E-state index >= 15 is 0 Å². The summed E-state index contributed by atoms with van der Waals surface area (Å²) in [6, 6.07) is 21.2. The van der Waals surface area contributed by atoms with Crippen LogP contribution in [-0.4, -0.2) is 72.6 Å². The maximum Gasteiger partial charge on any atom is 0.224 e. The van der Waals surface area contributed by atoms with Crippen molar-refractivity contribution in [2.45, 2.75) is 81.8 Å². The summed E-state index contributed by atoms with van der Waals surface area (Å²) in [7, 11) is -3.20. The summed E-state index contributed by atoms with van der Waals surface area (Å²) < 4.78 is 36.3. The molecule has 2 aromatic carbocycles. The van der Waals surface area contributed by atoms with Gasteiger partial charge in [0.2, 0.25) is 5.88 Å². The van der Waals surface area contributed by atoms with Crippen LogP contribution >= 0.6 is 27.5 Å². The third kappa shape index (κ3) is 6.12. The third-order valence-electron chi connectivity index (χ3n) is 10.7. The van der Waals surface area contributed by atoms with E-state index in [-0.39, 0.29) is 16.9 Å². The Kier molecular flexibility index (Phi) is 9.83. The average molecular weight is 774 g/mol. The molecule has 0 radical (unpaired) electrons. The Morgan fingerprint density at radius 2 is 1.65 bits per heavy atom. The summed E-state index contributed by atoms with van der Waals surface area (Å²) >= 11 is 10.4. The molecule has 2 fully saturated rings. The average Bonchev–Trinajstić information content (AvgIpc) is 3.39. The van der Waals surface area contributed by atoms with E-state index in [1.165, 1.54) is 5.56 Å². The molecule has 1 aliphatic carbocycles. The molecule has 0 amide bonds. The molecule has 48 heavy (non-hydrogen) atoms. The SMILES string of the molecule is COc1nc(Cl)cc2c1C1(O[Si](C)(C)C)C(O[Si](C)(C)C(C)(C)C)C(CN3CCOCC3)C(c3ccccc3)C1(c1ccc(Br)cc1)O2. The molecule has 260 valence electrons. The van der Waals surface area contributed by atoms with Gasteiger partial charge in [0.1, 0.15) is 10.9 Å². The van der Waals surface area contributed by atoms with Gasteiger partial charge in [-0.15, -0.1) is 0 Å². The van der Waals surface area contributed by atoms with Crippen molar-refractivity contribution >= 4 is 44.2 Å². The minimum atomic E-state index is -2.45. The number of aromatic nitrogens is 1. The van der Waals surface area contributed by atoms with Crippen molar-refractivity contribution < 1.29 is 23.1 Å². The highest BCUT2D eigenvalue weighted by molar-refractivity contribution is 9.10. The number of fused-ring (bicyclic) bond motifs is 3. The zero-order chi connectivity index (χ0) is 34.7. The summed E-state index contributed by atoms with van der Waals surface area (Å²) in [6.45, 7) is 22.2. The van der Waals surface area contributed by atoms with Crippen LogP contribution < -0.4 is 9.47 Å².